The topological polar surface area (TPSA) is 89.0 Å². The zero-order valence-corrected chi connectivity index (χ0v) is 14.6. The van der Waals surface area contributed by atoms with Gasteiger partial charge >= 0.3 is 0 Å². The summed E-state index contributed by atoms with van der Waals surface area (Å²) < 4.78 is 23.6. The zero-order valence-electron chi connectivity index (χ0n) is 12.2. The van der Waals surface area contributed by atoms with E-state index in [4.69, 9.17) is 11.6 Å². The van der Waals surface area contributed by atoms with Crippen molar-refractivity contribution in [3.63, 3.8) is 0 Å². The van der Waals surface area contributed by atoms with Crippen LogP contribution in [0.25, 0.3) is 6.08 Å². The molecule has 1 aromatic carbocycles. The number of rotatable bonds is 6. The first-order chi connectivity index (χ1) is 10.9. The highest BCUT2D eigenvalue weighted by molar-refractivity contribution is 7.93. The Bertz CT molecular complexity index is 831. The molecule has 0 saturated carbocycles. The van der Waals surface area contributed by atoms with Crippen LogP contribution in [0.3, 0.4) is 0 Å². The number of nitrogens with one attached hydrogen (secondary N) is 1. The molecular weight excluding hydrogens is 358 g/mol. The Morgan fingerprint density at radius 1 is 1.35 bits per heavy atom. The van der Waals surface area contributed by atoms with Crippen molar-refractivity contribution in [1.82, 2.24) is 10.2 Å². The molecule has 1 aromatic heterocycles. The van der Waals surface area contributed by atoms with Crippen molar-refractivity contribution in [2.45, 2.75) is 17.7 Å². The number of benzene rings is 1. The Morgan fingerprint density at radius 2 is 2.09 bits per heavy atom. The molecule has 0 fully saturated rings. The Morgan fingerprint density at radius 3 is 2.78 bits per heavy atom. The monoisotopic (exact) mass is 371 g/mol. The third-order valence-corrected chi connectivity index (χ3v) is 6.24. The quantitative estimate of drug-likeness (QED) is 0.622. The lowest BCUT2D eigenvalue weighted by Gasteiger charge is -1.97. The van der Waals surface area contributed by atoms with E-state index in [0.29, 0.717) is 17.0 Å². The number of amides is 1. The molecule has 2 rings (SSSR count). The van der Waals surface area contributed by atoms with Crippen molar-refractivity contribution in [2.24, 2.45) is 0 Å². The van der Waals surface area contributed by atoms with Crippen LogP contribution >= 0.6 is 22.9 Å². The maximum absolute atomic E-state index is 11.8. The molecule has 122 valence electrons. The fraction of sp³-hybridized carbons (Fsp3) is 0.214. The van der Waals surface area contributed by atoms with E-state index in [-0.39, 0.29) is 15.2 Å². The fourth-order valence-corrected chi connectivity index (χ4v) is 4.22. The standard InChI is InChI=1S/C14H14ClN3O3S2/c1-2-9-23(20,21)14-18-17-13(22-14)16-12(19)8-7-10-5-3-4-6-11(10)15/h3-8H,2,9H2,1H3,(H,16,17,19). The summed E-state index contributed by atoms with van der Waals surface area (Å²) in [5.74, 6) is -0.442. The number of hydrogen-bond acceptors (Lipinski definition) is 6. The first-order valence-corrected chi connectivity index (χ1v) is 9.57. The number of anilines is 1. The summed E-state index contributed by atoms with van der Waals surface area (Å²) in [7, 11) is -3.43. The SMILES string of the molecule is CCCS(=O)(=O)c1nnc(NC(=O)C=Cc2ccccc2Cl)s1. The zero-order chi connectivity index (χ0) is 16.9. The van der Waals surface area contributed by atoms with Gasteiger partial charge in [0.1, 0.15) is 0 Å². The molecule has 0 aliphatic heterocycles. The van der Waals surface area contributed by atoms with E-state index in [0.717, 1.165) is 11.3 Å². The van der Waals surface area contributed by atoms with Gasteiger partial charge in [-0.1, -0.05) is 48.1 Å². The minimum Gasteiger partial charge on any atom is -0.297 e. The normalized spacial score (nSPS) is 11.7. The summed E-state index contributed by atoms with van der Waals surface area (Å²) in [4.78, 5) is 11.8. The Labute approximate surface area is 143 Å². The first kappa shape index (κ1) is 17.6. The van der Waals surface area contributed by atoms with Crippen molar-refractivity contribution in [1.29, 1.82) is 0 Å². The van der Waals surface area contributed by atoms with Gasteiger partial charge in [0.15, 0.2) is 0 Å². The van der Waals surface area contributed by atoms with E-state index in [9.17, 15) is 13.2 Å². The van der Waals surface area contributed by atoms with Gasteiger partial charge in [0.05, 0.1) is 5.75 Å². The molecule has 0 spiro atoms. The number of nitrogens with zero attached hydrogens (tertiary/aromatic N) is 2. The van der Waals surface area contributed by atoms with Crippen LogP contribution in [0.2, 0.25) is 5.02 Å². The number of halogens is 1. The Kier molecular flexibility index (Phi) is 5.86. The van der Waals surface area contributed by atoms with Crippen LogP contribution in [0, 0.1) is 0 Å². The Balaban J connectivity index is 2.04. The minimum absolute atomic E-state index is 0.00197. The van der Waals surface area contributed by atoms with E-state index >= 15 is 0 Å². The third-order valence-electron chi connectivity index (χ3n) is 2.69. The van der Waals surface area contributed by atoms with E-state index in [2.05, 4.69) is 15.5 Å². The molecule has 9 heteroatoms. The van der Waals surface area contributed by atoms with Crippen LogP contribution in [-0.4, -0.2) is 30.3 Å². The van der Waals surface area contributed by atoms with Gasteiger partial charge < -0.3 is 0 Å². The van der Waals surface area contributed by atoms with Crippen LogP contribution < -0.4 is 5.32 Å². The smallest absolute Gasteiger partial charge is 0.250 e. The summed E-state index contributed by atoms with van der Waals surface area (Å²) in [5, 5.41) is 10.4. The van der Waals surface area contributed by atoms with Crippen LogP contribution in [0.4, 0.5) is 5.13 Å². The van der Waals surface area contributed by atoms with Gasteiger partial charge in [-0.05, 0) is 24.1 Å². The predicted octanol–water partition coefficient (Wildman–Crippen LogP) is 3.03. The highest BCUT2D eigenvalue weighted by Gasteiger charge is 2.19. The average Bonchev–Trinajstić information content (AvgIpc) is 2.96. The summed E-state index contributed by atoms with van der Waals surface area (Å²) in [5.41, 5.74) is 0.702. The molecule has 0 saturated heterocycles. The van der Waals surface area contributed by atoms with Crippen LogP contribution in [-0.2, 0) is 14.6 Å². The molecule has 0 bridgehead atoms. The average molecular weight is 372 g/mol. The van der Waals surface area contributed by atoms with Crippen LogP contribution in [0.15, 0.2) is 34.7 Å². The fourth-order valence-electron chi connectivity index (χ4n) is 1.66. The summed E-state index contributed by atoms with van der Waals surface area (Å²) in [6, 6.07) is 7.08. The molecule has 1 heterocycles. The summed E-state index contributed by atoms with van der Waals surface area (Å²) >= 11 is 6.81. The van der Waals surface area contributed by atoms with E-state index in [1.165, 1.54) is 6.08 Å². The van der Waals surface area contributed by atoms with Gasteiger partial charge in [0.25, 0.3) is 0 Å². The maximum Gasteiger partial charge on any atom is 0.250 e. The minimum atomic E-state index is -3.43. The number of carbonyl (C=O) groups is 1. The molecule has 23 heavy (non-hydrogen) atoms. The van der Waals surface area contributed by atoms with Gasteiger partial charge in [-0.2, -0.15) is 0 Å². The van der Waals surface area contributed by atoms with Crippen molar-refractivity contribution in [3.8, 4) is 0 Å². The first-order valence-electron chi connectivity index (χ1n) is 6.72. The number of carbonyl (C=O) groups excluding carboxylic acids is 1. The van der Waals surface area contributed by atoms with Gasteiger partial charge in [-0.15, -0.1) is 10.2 Å². The van der Waals surface area contributed by atoms with Crippen LogP contribution in [0.5, 0.6) is 0 Å². The second kappa shape index (κ2) is 7.67. The number of hydrogen-bond donors (Lipinski definition) is 1. The van der Waals surface area contributed by atoms with Crippen molar-refractivity contribution >= 4 is 49.9 Å². The highest BCUT2D eigenvalue weighted by atomic mass is 35.5. The lowest BCUT2D eigenvalue weighted by Crippen LogP contribution is -2.07. The van der Waals surface area contributed by atoms with Crippen molar-refractivity contribution in [2.75, 3.05) is 11.1 Å². The third kappa shape index (κ3) is 4.85. The van der Waals surface area contributed by atoms with E-state index in [1.54, 1.807) is 37.3 Å². The molecule has 1 N–H and O–H groups in total. The van der Waals surface area contributed by atoms with Crippen molar-refractivity contribution in [3.05, 3.63) is 40.9 Å². The van der Waals surface area contributed by atoms with Gasteiger partial charge in [-0.25, -0.2) is 8.42 Å². The lowest BCUT2D eigenvalue weighted by atomic mass is 10.2. The molecule has 0 atom stereocenters. The maximum atomic E-state index is 11.8. The summed E-state index contributed by atoms with van der Waals surface area (Å²) in [6.45, 7) is 1.76. The summed E-state index contributed by atoms with van der Waals surface area (Å²) in [6.07, 6.45) is 3.35. The predicted molar refractivity (Wildman–Crippen MR) is 91.4 cm³/mol. The van der Waals surface area contributed by atoms with Crippen LogP contribution in [0.1, 0.15) is 18.9 Å². The van der Waals surface area contributed by atoms with E-state index in [1.807, 2.05) is 0 Å². The number of aromatic nitrogens is 2. The molecule has 0 aliphatic rings. The van der Waals surface area contributed by atoms with Gasteiger partial charge in [0, 0.05) is 11.1 Å². The number of sulfone groups is 1. The molecule has 6 nitrogen and oxygen atoms in total. The highest BCUT2D eigenvalue weighted by Crippen LogP contribution is 2.21. The van der Waals surface area contributed by atoms with E-state index < -0.39 is 15.7 Å². The second-order valence-electron chi connectivity index (χ2n) is 4.54. The lowest BCUT2D eigenvalue weighted by molar-refractivity contribution is -0.111. The molecule has 1 amide bonds. The Hall–Kier alpha value is -1.77. The molecule has 0 aliphatic carbocycles. The van der Waals surface area contributed by atoms with Crippen molar-refractivity contribution < 1.29 is 13.2 Å². The van der Waals surface area contributed by atoms with Gasteiger partial charge in [0.2, 0.25) is 25.2 Å². The largest absolute Gasteiger partial charge is 0.297 e. The molecule has 0 radical (unpaired) electrons. The molecule has 2 aromatic rings. The molecular formula is C14H14ClN3O3S2. The van der Waals surface area contributed by atoms with Gasteiger partial charge in [-0.3, -0.25) is 10.1 Å². The second-order valence-corrected chi connectivity index (χ2v) is 8.20. The molecule has 0 unspecified atom stereocenters.